The molecule has 0 aliphatic carbocycles. The van der Waals surface area contributed by atoms with Gasteiger partial charge in [0.15, 0.2) is 0 Å². The van der Waals surface area contributed by atoms with Crippen LogP contribution in [0.4, 0.5) is 0 Å². The van der Waals surface area contributed by atoms with E-state index in [-0.39, 0.29) is 5.84 Å². The van der Waals surface area contributed by atoms with Gasteiger partial charge in [0.25, 0.3) is 0 Å². The van der Waals surface area contributed by atoms with Gasteiger partial charge >= 0.3 is 5.97 Å². The van der Waals surface area contributed by atoms with Crippen molar-refractivity contribution in [3.05, 3.63) is 10.7 Å². The maximum Gasteiger partial charge on any atom is 0.371 e. The van der Waals surface area contributed by atoms with Gasteiger partial charge in [0, 0.05) is 17.2 Å². The van der Waals surface area contributed by atoms with Crippen LogP contribution in [-0.2, 0) is 4.79 Å². The number of aliphatic imine (C=N–C) groups is 1. The summed E-state index contributed by atoms with van der Waals surface area (Å²) in [6.07, 6.45) is 1.52. The molecule has 5 heteroatoms. The van der Waals surface area contributed by atoms with E-state index >= 15 is 0 Å². The third-order valence-electron chi connectivity index (χ3n) is 1.54. The summed E-state index contributed by atoms with van der Waals surface area (Å²) in [7, 11) is 0. The maximum absolute atomic E-state index is 10.6. The second-order valence-corrected chi connectivity index (χ2v) is 3.37. The lowest BCUT2D eigenvalue weighted by molar-refractivity contribution is -0.130. The smallest absolute Gasteiger partial charge is 0.371 e. The summed E-state index contributed by atoms with van der Waals surface area (Å²) in [4.78, 5) is 16.1. The number of nitrogens with zero attached hydrogens (tertiary/aromatic N) is 2. The van der Waals surface area contributed by atoms with Crippen molar-refractivity contribution >= 4 is 27.7 Å². The van der Waals surface area contributed by atoms with E-state index in [0.717, 1.165) is 4.48 Å². The molecular weight excluding hydrogens is 224 g/mol. The lowest BCUT2D eigenvalue weighted by Crippen LogP contribution is -2.38. The minimum Gasteiger partial charge on any atom is -0.475 e. The third kappa shape index (κ3) is 1.85. The zero-order chi connectivity index (χ0) is 9.14. The van der Waals surface area contributed by atoms with Crippen molar-refractivity contribution < 1.29 is 9.90 Å². The zero-order valence-electron chi connectivity index (χ0n) is 6.62. The first kappa shape index (κ1) is 9.25. The highest BCUT2D eigenvalue weighted by Gasteiger charge is 2.19. The van der Waals surface area contributed by atoms with Gasteiger partial charge in [0.05, 0.1) is 6.54 Å². The normalized spacial score (nSPS) is 17.0. The Morgan fingerprint density at radius 1 is 1.92 bits per heavy atom. The molecule has 0 saturated heterocycles. The number of likely N-dealkylation sites (N-methyl/N-ethyl adjacent to an activating group) is 1. The summed E-state index contributed by atoms with van der Waals surface area (Å²) in [6.45, 7) is 3.12. The van der Waals surface area contributed by atoms with Gasteiger partial charge in [0.2, 0.25) is 5.84 Å². The van der Waals surface area contributed by atoms with Gasteiger partial charge in [-0.3, -0.25) is 0 Å². The summed E-state index contributed by atoms with van der Waals surface area (Å²) in [5.41, 5.74) is 0. The van der Waals surface area contributed by atoms with Crippen molar-refractivity contribution in [1.29, 1.82) is 0 Å². The van der Waals surface area contributed by atoms with Crippen molar-refractivity contribution in [1.82, 2.24) is 4.90 Å². The average Bonchev–Trinajstić information content (AvgIpc) is 2.03. The summed E-state index contributed by atoms with van der Waals surface area (Å²) in [5, 5.41) is 8.71. The van der Waals surface area contributed by atoms with Gasteiger partial charge < -0.3 is 10.0 Å². The molecule has 0 bridgehead atoms. The SMILES string of the molecule is CCN1CC(Br)=CN=C1C(=O)O. The molecule has 0 aromatic carbocycles. The molecule has 0 amide bonds. The Hall–Kier alpha value is -0.840. The van der Waals surface area contributed by atoms with Gasteiger partial charge in [-0.2, -0.15) is 0 Å². The Kier molecular flexibility index (Phi) is 2.86. The lowest BCUT2D eigenvalue weighted by Gasteiger charge is -2.23. The first-order valence-corrected chi connectivity index (χ1v) is 4.35. The first-order chi connectivity index (χ1) is 5.65. The number of amidine groups is 1. The predicted octanol–water partition coefficient (Wildman–Crippen LogP) is 1.04. The summed E-state index contributed by atoms with van der Waals surface area (Å²) in [6, 6.07) is 0. The van der Waals surface area contributed by atoms with Gasteiger partial charge in [-0.05, 0) is 6.92 Å². The van der Waals surface area contributed by atoms with Crippen molar-refractivity contribution in [3.8, 4) is 0 Å². The van der Waals surface area contributed by atoms with Gasteiger partial charge in [-0.1, -0.05) is 15.9 Å². The maximum atomic E-state index is 10.6. The second-order valence-electron chi connectivity index (χ2n) is 2.35. The van der Waals surface area contributed by atoms with E-state index in [0.29, 0.717) is 13.1 Å². The number of halogens is 1. The minimum absolute atomic E-state index is 0.112. The number of hydrogen-bond acceptors (Lipinski definition) is 3. The molecule has 0 saturated carbocycles. The summed E-state index contributed by atoms with van der Waals surface area (Å²) >= 11 is 3.27. The zero-order valence-corrected chi connectivity index (χ0v) is 8.21. The summed E-state index contributed by atoms with van der Waals surface area (Å²) < 4.78 is 0.898. The number of carboxylic acids is 1. The third-order valence-corrected chi connectivity index (χ3v) is 2.00. The highest BCUT2D eigenvalue weighted by atomic mass is 79.9. The van der Waals surface area contributed by atoms with E-state index in [2.05, 4.69) is 20.9 Å². The Bertz CT molecular complexity index is 260. The van der Waals surface area contributed by atoms with E-state index in [1.165, 1.54) is 6.20 Å². The van der Waals surface area contributed by atoms with Crippen LogP contribution >= 0.6 is 15.9 Å². The molecule has 0 fully saturated rings. The minimum atomic E-state index is -0.979. The molecule has 1 heterocycles. The highest BCUT2D eigenvalue weighted by molar-refractivity contribution is 9.11. The molecule has 1 aliphatic rings. The van der Waals surface area contributed by atoms with Crippen LogP contribution in [0.2, 0.25) is 0 Å². The largest absolute Gasteiger partial charge is 0.475 e. The van der Waals surface area contributed by atoms with E-state index in [1.807, 2.05) is 6.92 Å². The molecule has 12 heavy (non-hydrogen) atoms. The molecule has 1 rings (SSSR count). The number of aliphatic carboxylic acids is 1. The van der Waals surface area contributed by atoms with Crippen LogP contribution in [0.5, 0.6) is 0 Å². The van der Waals surface area contributed by atoms with Crippen LogP contribution in [0.15, 0.2) is 15.7 Å². The van der Waals surface area contributed by atoms with Crippen molar-refractivity contribution in [3.63, 3.8) is 0 Å². The van der Waals surface area contributed by atoms with Crippen LogP contribution in [-0.4, -0.2) is 34.9 Å². The number of carbonyl (C=O) groups is 1. The molecule has 0 aromatic rings. The van der Waals surface area contributed by atoms with E-state index in [9.17, 15) is 4.79 Å². The Morgan fingerprint density at radius 3 is 3.08 bits per heavy atom. The fourth-order valence-corrected chi connectivity index (χ4v) is 1.37. The number of carboxylic acid groups (broad SMARTS) is 1. The molecule has 0 unspecified atom stereocenters. The fourth-order valence-electron chi connectivity index (χ4n) is 0.963. The molecule has 0 spiro atoms. The highest BCUT2D eigenvalue weighted by Crippen LogP contribution is 2.13. The number of rotatable bonds is 2. The molecular formula is C7H9BrN2O2. The van der Waals surface area contributed by atoms with E-state index in [4.69, 9.17) is 5.11 Å². The molecule has 66 valence electrons. The number of hydrogen-bond donors (Lipinski definition) is 1. The van der Waals surface area contributed by atoms with Crippen molar-refractivity contribution in [2.24, 2.45) is 4.99 Å². The molecule has 0 aromatic heterocycles. The van der Waals surface area contributed by atoms with Crippen LogP contribution in [0.25, 0.3) is 0 Å². The quantitative estimate of drug-likeness (QED) is 0.775. The molecule has 0 radical (unpaired) electrons. The monoisotopic (exact) mass is 232 g/mol. The molecule has 1 aliphatic heterocycles. The van der Waals surface area contributed by atoms with Gasteiger partial charge in [-0.15, -0.1) is 0 Å². The van der Waals surface area contributed by atoms with Crippen LogP contribution in [0, 0.1) is 0 Å². The van der Waals surface area contributed by atoms with Gasteiger partial charge in [-0.25, -0.2) is 9.79 Å². The van der Waals surface area contributed by atoms with Crippen LogP contribution < -0.4 is 0 Å². The van der Waals surface area contributed by atoms with Gasteiger partial charge in [0.1, 0.15) is 0 Å². The Morgan fingerprint density at radius 2 is 2.58 bits per heavy atom. The lowest BCUT2D eigenvalue weighted by atomic mass is 10.4. The van der Waals surface area contributed by atoms with Crippen LogP contribution in [0.3, 0.4) is 0 Å². The fraction of sp³-hybridized carbons (Fsp3) is 0.429. The molecule has 4 nitrogen and oxygen atoms in total. The Labute approximate surface area is 78.7 Å². The molecule has 1 N–H and O–H groups in total. The average molecular weight is 233 g/mol. The molecule has 0 atom stereocenters. The standard InChI is InChI=1S/C7H9BrN2O2/c1-2-10-4-5(8)3-9-6(10)7(11)12/h3H,2,4H2,1H3,(H,11,12). The van der Waals surface area contributed by atoms with Crippen LogP contribution in [0.1, 0.15) is 6.92 Å². The van der Waals surface area contributed by atoms with Crippen molar-refractivity contribution in [2.45, 2.75) is 6.92 Å². The first-order valence-electron chi connectivity index (χ1n) is 3.55. The second kappa shape index (κ2) is 3.71. The van der Waals surface area contributed by atoms with Crippen molar-refractivity contribution in [2.75, 3.05) is 13.1 Å². The topological polar surface area (TPSA) is 52.9 Å². The van der Waals surface area contributed by atoms with E-state index in [1.54, 1.807) is 4.90 Å². The Balaban J connectivity index is 2.87. The summed E-state index contributed by atoms with van der Waals surface area (Å²) in [5.74, 6) is -0.867. The van der Waals surface area contributed by atoms with E-state index < -0.39 is 5.97 Å². The predicted molar refractivity (Wildman–Crippen MR) is 49.3 cm³/mol.